The topological polar surface area (TPSA) is 77.6 Å². The molecule has 0 saturated heterocycles. The molecule has 0 aliphatic rings. The summed E-state index contributed by atoms with van der Waals surface area (Å²) in [5, 5.41) is 8.27. The van der Waals surface area contributed by atoms with Crippen LogP contribution in [0.1, 0.15) is 5.56 Å². The van der Waals surface area contributed by atoms with Crippen LogP contribution in [0.3, 0.4) is 0 Å². The first kappa shape index (κ1) is 20.0. The van der Waals surface area contributed by atoms with E-state index in [0.29, 0.717) is 18.1 Å². The van der Waals surface area contributed by atoms with Crippen molar-refractivity contribution in [3.63, 3.8) is 0 Å². The highest BCUT2D eigenvalue weighted by molar-refractivity contribution is 7.98. The molecule has 0 radical (unpaired) electrons. The molecule has 0 aliphatic heterocycles. The normalized spacial score (nSPS) is 11.0. The third kappa shape index (κ3) is 4.13. The number of nitrogens with zero attached hydrogens (tertiary/aromatic N) is 5. The summed E-state index contributed by atoms with van der Waals surface area (Å²) in [4.78, 5) is 22.9. The largest absolute Gasteiger partial charge is 0.324 e. The zero-order valence-electron chi connectivity index (χ0n) is 17.3. The highest BCUT2D eigenvalue weighted by Crippen LogP contribution is 2.19. The van der Waals surface area contributed by atoms with Crippen molar-refractivity contribution in [3.05, 3.63) is 101 Å². The average Bonchev–Trinajstić information content (AvgIpc) is 3.37. The minimum Gasteiger partial charge on any atom is -0.324 e. The fraction of sp³-hybridized carbons (Fsp3) is 0.0833. The minimum atomic E-state index is -0.0975. The molecule has 7 nitrogen and oxygen atoms in total. The predicted molar refractivity (Wildman–Crippen MR) is 128 cm³/mol. The molecule has 3 heterocycles. The number of pyridine rings is 1. The lowest BCUT2D eigenvalue weighted by molar-refractivity contribution is 0.781. The van der Waals surface area contributed by atoms with E-state index in [1.807, 2.05) is 54.9 Å². The van der Waals surface area contributed by atoms with Gasteiger partial charge in [-0.1, -0.05) is 12.1 Å². The van der Waals surface area contributed by atoms with Gasteiger partial charge in [0, 0.05) is 40.6 Å². The van der Waals surface area contributed by atoms with Crippen molar-refractivity contribution in [2.45, 2.75) is 11.4 Å². The molecule has 0 atom stereocenters. The third-order valence-electron chi connectivity index (χ3n) is 5.12. The van der Waals surface area contributed by atoms with Crippen LogP contribution in [-0.4, -0.2) is 30.6 Å². The van der Waals surface area contributed by atoms with Gasteiger partial charge in [0.2, 0.25) is 5.95 Å². The second kappa shape index (κ2) is 8.68. The number of hydrogen-bond donors (Lipinski definition) is 1. The Hall–Kier alpha value is -3.91. The maximum absolute atomic E-state index is 12.7. The number of anilines is 2. The van der Waals surface area contributed by atoms with Crippen molar-refractivity contribution in [1.29, 1.82) is 0 Å². The number of nitrogens with one attached hydrogen (secondary N) is 1. The van der Waals surface area contributed by atoms with Crippen LogP contribution in [0.15, 0.2) is 95.0 Å². The Morgan fingerprint density at radius 1 is 1.00 bits per heavy atom. The molecular weight excluding hydrogens is 420 g/mol. The fourth-order valence-corrected chi connectivity index (χ4v) is 3.85. The van der Waals surface area contributed by atoms with Crippen LogP contribution in [0.25, 0.3) is 16.7 Å². The Morgan fingerprint density at radius 3 is 2.53 bits per heavy atom. The summed E-state index contributed by atoms with van der Waals surface area (Å²) in [6.07, 6.45) is 7.41. The smallest absolute Gasteiger partial charge is 0.252 e. The van der Waals surface area contributed by atoms with Crippen molar-refractivity contribution >= 4 is 34.4 Å². The number of thioether (sulfide) groups is 1. The molecule has 158 valence electrons. The molecule has 1 N–H and O–H groups in total. The molecule has 0 fully saturated rings. The zero-order chi connectivity index (χ0) is 21.9. The van der Waals surface area contributed by atoms with E-state index in [2.05, 4.69) is 32.5 Å². The summed E-state index contributed by atoms with van der Waals surface area (Å²) >= 11 is 1.69. The van der Waals surface area contributed by atoms with Gasteiger partial charge in [0.05, 0.1) is 12.2 Å². The van der Waals surface area contributed by atoms with Crippen LogP contribution in [0.2, 0.25) is 0 Å². The summed E-state index contributed by atoms with van der Waals surface area (Å²) in [5.74, 6) is 0.432. The maximum atomic E-state index is 12.7. The second-order valence-corrected chi connectivity index (χ2v) is 8.08. The Bertz CT molecular complexity index is 1410. The molecule has 2 aromatic carbocycles. The lowest BCUT2D eigenvalue weighted by atomic mass is 10.2. The van der Waals surface area contributed by atoms with Gasteiger partial charge in [-0.05, 0) is 60.4 Å². The van der Waals surface area contributed by atoms with Crippen molar-refractivity contribution < 1.29 is 0 Å². The summed E-state index contributed by atoms with van der Waals surface area (Å²) in [6.45, 7) is 0.444. The number of benzene rings is 2. The summed E-state index contributed by atoms with van der Waals surface area (Å²) in [5.41, 5.74) is 3.34. The van der Waals surface area contributed by atoms with E-state index in [1.54, 1.807) is 45.5 Å². The van der Waals surface area contributed by atoms with Gasteiger partial charge in [0.25, 0.3) is 5.56 Å². The van der Waals surface area contributed by atoms with E-state index in [4.69, 9.17) is 0 Å². The first-order chi connectivity index (χ1) is 15.7. The van der Waals surface area contributed by atoms with E-state index < -0.39 is 0 Å². The number of aromatic nitrogens is 5. The quantitative estimate of drug-likeness (QED) is 0.392. The molecule has 8 heteroatoms. The molecule has 0 aliphatic carbocycles. The van der Waals surface area contributed by atoms with Gasteiger partial charge in [0.15, 0.2) is 0 Å². The van der Waals surface area contributed by atoms with Gasteiger partial charge in [-0.3, -0.25) is 9.36 Å². The Balaban J connectivity index is 1.44. The molecule has 5 aromatic rings. The molecule has 0 unspecified atom stereocenters. The Kier molecular flexibility index (Phi) is 5.43. The number of fused-ring (bicyclic) bond motifs is 1. The van der Waals surface area contributed by atoms with Crippen LogP contribution in [0.5, 0.6) is 0 Å². The predicted octanol–water partition coefficient (Wildman–Crippen LogP) is 4.49. The fourth-order valence-electron chi connectivity index (χ4n) is 3.45. The molecular formula is C24H20N6OS. The zero-order valence-corrected chi connectivity index (χ0v) is 18.2. The van der Waals surface area contributed by atoms with Gasteiger partial charge in [-0.15, -0.1) is 11.8 Å². The Labute approximate surface area is 188 Å². The molecule has 5 rings (SSSR count). The number of hydrogen-bond acceptors (Lipinski definition) is 6. The van der Waals surface area contributed by atoms with Gasteiger partial charge >= 0.3 is 0 Å². The van der Waals surface area contributed by atoms with E-state index >= 15 is 0 Å². The molecule has 0 spiro atoms. The van der Waals surface area contributed by atoms with Crippen LogP contribution in [0, 0.1) is 0 Å². The van der Waals surface area contributed by atoms with Crippen LogP contribution >= 0.6 is 11.8 Å². The third-order valence-corrected chi connectivity index (χ3v) is 5.86. The number of rotatable bonds is 6. The van der Waals surface area contributed by atoms with E-state index in [-0.39, 0.29) is 5.56 Å². The highest BCUT2D eigenvalue weighted by atomic mass is 32.2. The minimum absolute atomic E-state index is 0.0975. The molecule has 0 saturated carbocycles. The Morgan fingerprint density at radius 2 is 1.81 bits per heavy atom. The lowest BCUT2D eigenvalue weighted by Crippen LogP contribution is -2.21. The van der Waals surface area contributed by atoms with Gasteiger partial charge in [-0.25, -0.2) is 9.67 Å². The maximum Gasteiger partial charge on any atom is 0.252 e. The molecule has 0 bridgehead atoms. The summed E-state index contributed by atoms with van der Waals surface area (Å²) < 4.78 is 3.47. The molecule has 32 heavy (non-hydrogen) atoms. The van der Waals surface area contributed by atoms with Crippen LogP contribution in [-0.2, 0) is 6.54 Å². The summed E-state index contributed by atoms with van der Waals surface area (Å²) in [6, 6.07) is 21.2. The SMILES string of the molecule is CSc1ccc(Cn2c(=O)ccc3cnc(Nc4ccc(-n5cccn5)cc4)nc32)cc1. The van der Waals surface area contributed by atoms with Gasteiger partial charge in [-0.2, -0.15) is 10.1 Å². The van der Waals surface area contributed by atoms with E-state index in [1.165, 1.54) is 4.90 Å². The first-order valence-corrected chi connectivity index (χ1v) is 11.3. The monoisotopic (exact) mass is 440 g/mol. The standard InChI is InChI=1S/C24H20N6OS/c1-32-21-10-3-17(4-11-21)16-29-22(31)12-5-18-15-25-24(28-23(18)29)27-19-6-8-20(9-7-19)30-14-2-13-26-30/h2-15H,16H2,1H3,(H,25,27,28). The van der Waals surface area contributed by atoms with Crippen molar-refractivity contribution in [2.75, 3.05) is 11.6 Å². The van der Waals surface area contributed by atoms with Crippen molar-refractivity contribution in [1.82, 2.24) is 24.3 Å². The molecule has 3 aromatic heterocycles. The van der Waals surface area contributed by atoms with Crippen molar-refractivity contribution in [3.8, 4) is 5.69 Å². The molecule has 0 amide bonds. The van der Waals surface area contributed by atoms with Gasteiger partial charge in [0.1, 0.15) is 5.65 Å². The van der Waals surface area contributed by atoms with Gasteiger partial charge < -0.3 is 5.32 Å². The van der Waals surface area contributed by atoms with E-state index in [0.717, 1.165) is 22.3 Å². The van der Waals surface area contributed by atoms with Crippen molar-refractivity contribution in [2.24, 2.45) is 0 Å². The van der Waals surface area contributed by atoms with Crippen LogP contribution in [0.4, 0.5) is 11.6 Å². The lowest BCUT2D eigenvalue weighted by Gasteiger charge is -2.12. The highest BCUT2D eigenvalue weighted by Gasteiger charge is 2.09. The average molecular weight is 441 g/mol. The summed E-state index contributed by atoms with van der Waals surface area (Å²) in [7, 11) is 0. The van der Waals surface area contributed by atoms with Crippen LogP contribution < -0.4 is 10.9 Å². The second-order valence-electron chi connectivity index (χ2n) is 7.20. The van der Waals surface area contributed by atoms with E-state index in [9.17, 15) is 4.79 Å². The first-order valence-electron chi connectivity index (χ1n) is 10.1.